The molecular weight excluding hydrogens is 318 g/mol. The van der Waals surface area contributed by atoms with Crippen molar-refractivity contribution in [1.29, 1.82) is 0 Å². The molecule has 0 bridgehead atoms. The van der Waals surface area contributed by atoms with Crippen LogP contribution in [0.4, 0.5) is 5.69 Å². The van der Waals surface area contributed by atoms with E-state index in [1.54, 1.807) is 18.2 Å². The first-order valence-corrected chi connectivity index (χ1v) is 8.01. The Bertz CT molecular complexity index is 751. The molecule has 0 aliphatic carbocycles. The smallest absolute Gasteiger partial charge is 0.331 e. The van der Waals surface area contributed by atoms with Crippen molar-refractivity contribution < 1.29 is 19.1 Å². The van der Waals surface area contributed by atoms with Crippen LogP contribution in [0.5, 0.6) is 5.75 Å². The number of nitrogens with one attached hydrogen (secondary N) is 1. The van der Waals surface area contributed by atoms with Crippen LogP contribution >= 0.6 is 0 Å². The summed E-state index contributed by atoms with van der Waals surface area (Å²) in [5.74, 6) is -0.295. The summed E-state index contributed by atoms with van der Waals surface area (Å²) in [5, 5.41) is 2.66. The average Bonchev–Trinajstić information content (AvgIpc) is 2.61. The summed E-state index contributed by atoms with van der Waals surface area (Å²) in [7, 11) is 0. The van der Waals surface area contributed by atoms with Crippen molar-refractivity contribution in [3.63, 3.8) is 0 Å². The molecule has 5 heteroatoms. The van der Waals surface area contributed by atoms with Gasteiger partial charge < -0.3 is 14.8 Å². The second-order valence-electron chi connectivity index (χ2n) is 5.33. The van der Waals surface area contributed by atoms with E-state index < -0.39 is 5.97 Å². The van der Waals surface area contributed by atoms with Crippen LogP contribution < -0.4 is 10.1 Å². The monoisotopic (exact) mass is 339 g/mol. The highest BCUT2D eigenvalue weighted by atomic mass is 16.5. The van der Waals surface area contributed by atoms with Crippen molar-refractivity contribution in [1.82, 2.24) is 0 Å². The van der Waals surface area contributed by atoms with E-state index in [-0.39, 0.29) is 12.5 Å². The van der Waals surface area contributed by atoms with E-state index in [0.29, 0.717) is 18.0 Å². The van der Waals surface area contributed by atoms with Crippen molar-refractivity contribution >= 4 is 23.6 Å². The highest BCUT2D eigenvalue weighted by molar-refractivity contribution is 5.94. The van der Waals surface area contributed by atoms with E-state index in [2.05, 4.69) is 5.32 Å². The molecule has 0 fully saturated rings. The van der Waals surface area contributed by atoms with Crippen molar-refractivity contribution in [2.24, 2.45) is 0 Å². The van der Waals surface area contributed by atoms with Gasteiger partial charge in [-0.2, -0.15) is 0 Å². The van der Waals surface area contributed by atoms with Crippen LogP contribution in [0.2, 0.25) is 0 Å². The standard InChI is InChI=1S/C20H21NO4/c1-3-24-18-7-5-4-6-16(18)10-13-20(23)25-14-19(22)21-17-11-8-15(2)9-12-17/h4-13H,3,14H2,1-2H3,(H,21,22)/b13-10+. The van der Waals surface area contributed by atoms with Gasteiger partial charge in [0.2, 0.25) is 0 Å². The maximum Gasteiger partial charge on any atom is 0.331 e. The SMILES string of the molecule is CCOc1ccccc1/C=C/C(=O)OCC(=O)Nc1ccc(C)cc1. The zero-order valence-electron chi connectivity index (χ0n) is 14.3. The van der Waals surface area contributed by atoms with Crippen LogP contribution in [0, 0.1) is 6.92 Å². The number of para-hydroxylation sites is 1. The molecule has 25 heavy (non-hydrogen) atoms. The number of carbonyl (C=O) groups excluding carboxylic acids is 2. The highest BCUT2D eigenvalue weighted by Crippen LogP contribution is 2.19. The Morgan fingerprint density at radius 3 is 2.52 bits per heavy atom. The lowest BCUT2D eigenvalue weighted by atomic mass is 10.2. The Morgan fingerprint density at radius 2 is 1.80 bits per heavy atom. The number of hydrogen-bond acceptors (Lipinski definition) is 4. The Labute approximate surface area is 147 Å². The molecule has 0 saturated carbocycles. The lowest BCUT2D eigenvalue weighted by molar-refractivity contribution is -0.142. The molecule has 0 radical (unpaired) electrons. The molecule has 0 atom stereocenters. The number of hydrogen-bond donors (Lipinski definition) is 1. The molecule has 130 valence electrons. The normalized spacial score (nSPS) is 10.5. The molecule has 1 N–H and O–H groups in total. The summed E-state index contributed by atoms with van der Waals surface area (Å²) in [6.45, 7) is 4.05. The van der Waals surface area contributed by atoms with E-state index in [9.17, 15) is 9.59 Å². The number of aryl methyl sites for hydroxylation is 1. The van der Waals surface area contributed by atoms with Crippen molar-refractivity contribution in [2.75, 3.05) is 18.5 Å². The van der Waals surface area contributed by atoms with E-state index in [0.717, 1.165) is 11.1 Å². The molecule has 0 aromatic heterocycles. The minimum absolute atomic E-state index is 0.343. The van der Waals surface area contributed by atoms with Gasteiger partial charge in [-0.05, 0) is 38.1 Å². The van der Waals surface area contributed by atoms with Gasteiger partial charge in [0.05, 0.1) is 6.61 Å². The fraction of sp³-hybridized carbons (Fsp3) is 0.200. The molecule has 0 saturated heterocycles. The Balaban J connectivity index is 1.84. The van der Waals surface area contributed by atoms with Crippen molar-refractivity contribution in [2.45, 2.75) is 13.8 Å². The zero-order chi connectivity index (χ0) is 18.1. The number of carbonyl (C=O) groups is 2. The largest absolute Gasteiger partial charge is 0.493 e. The molecule has 0 unspecified atom stereocenters. The molecule has 2 aromatic rings. The van der Waals surface area contributed by atoms with E-state index in [1.807, 2.05) is 50.2 Å². The minimum atomic E-state index is -0.592. The summed E-state index contributed by atoms with van der Waals surface area (Å²) < 4.78 is 10.4. The molecule has 0 aliphatic rings. The summed E-state index contributed by atoms with van der Waals surface area (Å²) in [5.41, 5.74) is 2.53. The number of rotatable bonds is 7. The van der Waals surface area contributed by atoms with Gasteiger partial charge in [0, 0.05) is 17.3 Å². The second kappa shape index (κ2) is 9.27. The molecule has 5 nitrogen and oxygen atoms in total. The van der Waals surface area contributed by atoms with Gasteiger partial charge in [-0.1, -0.05) is 35.9 Å². The predicted octanol–water partition coefficient (Wildman–Crippen LogP) is 3.59. The average molecular weight is 339 g/mol. The lowest BCUT2D eigenvalue weighted by Gasteiger charge is -2.07. The first kappa shape index (κ1) is 18.3. The molecule has 2 rings (SSSR count). The zero-order valence-corrected chi connectivity index (χ0v) is 14.3. The van der Waals surface area contributed by atoms with Crippen LogP contribution in [-0.4, -0.2) is 25.1 Å². The van der Waals surface area contributed by atoms with E-state index >= 15 is 0 Å². The van der Waals surface area contributed by atoms with Gasteiger partial charge in [-0.3, -0.25) is 4.79 Å². The van der Waals surface area contributed by atoms with Gasteiger partial charge in [0.1, 0.15) is 5.75 Å². The summed E-state index contributed by atoms with van der Waals surface area (Å²) >= 11 is 0. The predicted molar refractivity (Wildman–Crippen MR) is 97.4 cm³/mol. The van der Waals surface area contributed by atoms with Crippen LogP contribution in [0.25, 0.3) is 6.08 Å². The Kier molecular flexibility index (Phi) is 6.77. The quantitative estimate of drug-likeness (QED) is 0.618. The van der Waals surface area contributed by atoms with Gasteiger partial charge in [0.15, 0.2) is 6.61 Å². The first-order chi connectivity index (χ1) is 12.1. The van der Waals surface area contributed by atoms with Gasteiger partial charge in [0.25, 0.3) is 5.91 Å². The maximum atomic E-state index is 11.8. The summed E-state index contributed by atoms with van der Waals surface area (Å²) in [4.78, 5) is 23.5. The summed E-state index contributed by atoms with van der Waals surface area (Å²) in [6, 6.07) is 14.7. The molecule has 1 amide bonds. The number of benzene rings is 2. The molecule has 0 heterocycles. The lowest BCUT2D eigenvalue weighted by Crippen LogP contribution is -2.20. The topological polar surface area (TPSA) is 64.6 Å². The van der Waals surface area contributed by atoms with Crippen LogP contribution in [0.15, 0.2) is 54.6 Å². The van der Waals surface area contributed by atoms with Gasteiger partial charge in [-0.25, -0.2) is 4.79 Å². The number of anilines is 1. The number of esters is 1. The minimum Gasteiger partial charge on any atom is -0.493 e. The fourth-order valence-corrected chi connectivity index (χ4v) is 2.08. The Hall–Kier alpha value is -3.08. The van der Waals surface area contributed by atoms with E-state index in [4.69, 9.17) is 9.47 Å². The number of amides is 1. The van der Waals surface area contributed by atoms with Crippen molar-refractivity contribution in [3.05, 3.63) is 65.7 Å². The molecule has 0 spiro atoms. The number of ether oxygens (including phenoxy) is 2. The van der Waals surface area contributed by atoms with Crippen LogP contribution in [0.1, 0.15) is 18.1 Å². The maximum absolute atomic E-state index is 11.8. The van der Waals surface area contributed by atoms with E-state index in [1.165, 1.54) is 6.08 Å². The summed E-state index contributed by atoms with van der Waals surface area (Å²) in [6.07, 6.45) is 2.88. The highest BCUT2D eigenvalue weighted by Gasteiger charge is 2.06. The third-order valence-corrected chi connectivity index (χ3v) is 3.30. The first-order valence-electron chi connectivity index (χ1n) is 8.01. The molecular formula is C20H21NO4. The fourth-order valence-electron chi connectivity index (χ4n) is 2.08. The second-order valence-corrected chi connectivity index (χ2v) is 5.33. The molecule has 2 aromatic carbocycles. The van der Waals surface area contributed by atoms with Gasteiger partial charge in [-0.15, -0.1) is 0 Å². The van der Waals surface area contributed by atoms with Gasteiger partial charge >= 0.3 is 5.97 Å². The van der Waals surface area contributed by atoms with Crippen molar-refractivity contribution in [3.8, 4) is 5.75 Å². The third-order valence-electron chi connectivity index (χ3n) is 3.30. The van der Waals surface area contributed by atoms with Crippen LogP contribution in [0.3, 0.4) is 0 Å². The Morgan fingerprint density at radius 1 is 1.08 bits per heavy atom. The third kappa shape index (κ3) is 6.14. The van der Waals surface area contributed by atoms with Crippen LogP contribution in [-0.2, 0) is 14.3 Å². The molecule has 0 aliphatic heterocycles.